The maximum Gasteiger partial charge on any atom is 0.174 e. The lowest BCUT2D eigenvalue weighted by Crippen LogP contribution is -2.37. The van der Waals surface area contributed by atoms with Crippen molar-refractivity contribution in [1.82, 2.24) is 0 Å². The van der Waals surface area contributed by atoms with Crippen LogP contribution in [0.2, 0.25) is 0 Å². The maximum absolute atomic E-state index is 11.7. The molecule has 0 unspecified atom stereocenters. The van der Waals surface area contributed by atoms with Crippen LogP contribution in [0, 0.1) is 0 Å². The molecule has 0 amide bonds. The molecule has 0 heterocycles. The minimum absolute atomic E-state index is 0.112. The summed E-state index contributed by atoms with van der Waals surface area (Å²) in [6, 6.07) is 6.49. The molecule has 1 N–H and O–H groups in total. The van der Waals surface area contributed by atoms with E-state index in [1.165, 1.54) is 7.11 Å². The van der Waals surface area contributed by atoms with Crippen LogP contribution >= 0.6 is 11.6 Å². The fourth-order valence-electron chi connectivity index (χ4n) is 1.69. The van der Waals surface area contributed by atoms with Gasteiger partial charge in [0.1, 0.15) is 11.9 Å². The lowest BCUT2D eigenvalue weighted by molar-refractivity contribution is 0.155. The van der Waals surface area contributed by atoms with Gasteiger partial charge in [-0.1, -0.05) is 30.7 Å². The number of benzene rings is 1. The molecule has 0 fully saturated rings. The van der Waals surface area contributed by atoms with E-state index in [-0.39, 0.29) is 6.42 Å². The zero-order valence-corrected chi connectivity index (χ0v) is 12.1. The molecule has 1 rings (SSSR count). The van der Waals surface area contributed by atoms with E-state index >= 15 is 0 Å². The van der Waals surface area contributed by atoms with E-state index in [1.54, 1.807) is 31.2 Å². The predicted octanol–water partition coefficient (Wildman–Crippen LogP) is 2.12. The van der Waals surface area contributed by atoms with Gasteiger partial charge >= 0.3 is 0 Å². The van der Waals surface area contributed by atoms with Gasteiger partial charge in [0, 0.05) is 6.26 Å². The molecular weight excluding hydrogens is 276 g/mol. The van der Waals surface area contributed by atoms with Crippen molar-refractivity contribution in [2.75, 3.05) is 13.4 Å². The van der Waals surface area contributed by atoms with Crippen LogP contribution in [-0.2, 0) is 9.84 Å². The Hall–Kier alpha value is -0.780. The number of ether oxygens (including phenoxy) is 1. The Morgan fingerprint density at radius 2 is 1.89 bits per heavy atom. The Morgan fingerprint density at radius 3 is 2.22 bits per heavy atom. The molecule has 0 aromatic heterocycles. The fraction of sp³-hybridized carbons (Fsp3) is 0.500. The summed E-state index contributed by atoms with van der Waals surface area (Å²) in [7, 11) is -2.07. The summed E-state index contributed by atoms with van der Waals surface area (Å²) in [5.41, 5.74) is 0.443. The molecule has 1 aromatic carbocycles. The van der Waals surface area contributed by atoms with Gasteiger partial charge in [-0.2, -0.15) is 0 Å². The summed E-state index contributed by atoms with van der Waals surface area (Å²) < 4.78 is 26.7. The van der Waals surface area contributed by atoms with Gasteiger partial charge in [0.05, 0.1) is 7.11 Å². The average Bonchev–Trinajstić information content (AvgIpc) is 2.35. The quantitative estimate of drug-likeness (QED) is 0.844. The Balaban J connectivity index is 3.15. The molecule has 2 atom stereocenters. The Kier molecular flexibility index (Phi) is 4.64. The molecule has 0 bridgehead atoms. The van der Waals surface area contributed by atoms with Crippen molar-refractivity contribution in [2.24, 2.45) is 0 Å². The summed E-state index contributed by atoms with van der Waals surface area (Å²) in [4.78, 5) is 0. The normalized spacial score (nSPS) is 16.9. The highest BCUT2D eigenvalue weighted by Gasteiger charge is 2.44. The minimum Gasteiger partial charge on any atom is -0.497 e. The topological polar surface area (TPSA) is 63.6 Å². The van der Waals surface area contributed by atoms with Crippen LogP contribution in [0.4, 0.5) is 0 Å². The Morgan fingerprint density at radius 1 is 1.39 bits per heavy atom. The molecule has 102 valence electrons. The van der Waals surface area contributed by atoms with E-state index in [1.807, 2.05) is 0 Å². The predicted molar refractivity (Wildman–Crippen MR) is 71.7 cm³/mol. The van der Waals surface area contributed by atoms with Gasteiger partial charge in [0.2, 0.25) is 0 Å². The van der Waals surface area contributed by atoms with Crippen molar-refractivity contribution in [2.45, 2.75) is 23.7 Å². The van der Waals surface area contributed by atoms with Crippen LogP contribution in [-0.4, -0.2) is 31.1 Å². The van der Waals surface area contributed by atoms with Crippen molar-refractivity contribution in [1.29, 1.82) is 0 Å². The molecule has 18 heavy (non-hydrogen) atoms. The standard InChI is InChI=1S/C12H17ClO4S/c1-4-12(13,18(3,15)16)11(14)9-5-7-10(17-2)8-6-9/h5-8,11,14H,4H2,1-3H3/t11-,12-/m0/s1. The van der Waals surface area contributed by atoms with Crippen molar-refractivity contribution in [3.8, 4) is 5.75 Å². The summed E-state index contributed by atoms with van der Waals surface area (Å²) in [6.45, 7) is 1.63. The third kappa shape index (κ3) is 2.79. The molecule has 0 aliphatic heterocycles. The summed E-state index contributed by atoms with van der Waals surface area (Å²) >= 11 is 6.09. The van der Waals surface area contributed by atoms with Crippen LogP contribution < -0.4 is 4.74 Å². The minimum atomic E-state index is -3.59. The number of aliphatic hydroxyl groups is 1. The number of aliphatic hydroxyl groups excluding tert-OH is 1. The van der Waals surface area contributed by atoms with Crippen LogP contribution in [0.25, 0.3) is 0 Å². The molecule has 0 radical (unpaired) electrons. The van der Waals surface area contributed by atoms with Gasteiger partial charge < -0.3 is 9.84 Å². The van der Waals surface area contributed by atoms with Gasteiger partial charge in [0.15, 0.2) is 14.0 Å². The Labute approximate surface area is 112 Å². The first kappa shape index (κ1) is 15.3. The first-order valence-electron chi connectivity index (χ1n) is 5.46. The third-order valence-corrected chi connectivity index (χ3v) is 6.00. The van der Waals surface area contributed by atoms with Crippen molar-refractivity contribution < 1.29 is 18.3 Å². The summed E-state index contributed by atoms with van der Waals surface area (Å²) in [6.07, 6.45) is -0.151. The lowest BCUT2D eigenvalue weighted by atomic mass is 10.0. The summed E-state index contributed by atoms with van der Waals surface area (Å²) in [5, 5.41) is 10.2. The number of halogens is 1. The van der Waals surface area contributed by atoms with Crippen LogP contribution in [0.3, 0.4) is 0 Å². The van der Waals surface area contributed by atoms with Gasteiger partial charge in [-0.15, -0.1) is 0 Å². The first-order chi connectivity index (χ1) is 8.26. The maximum atomic E-state index is 11.7. The average molecular weight is 293 g/mol. The van der Waals surface area contributed by atoms with Crippen LogP contribution in [0.1, 0.15) is 25.0 Å². The highest BCUT2D eigenvalue weighted by molar-refractivity contribution is 7.93. The molecule has 0 saturated carbocycles. The smallest absolute Gasteiger partial charge is 0.174 e. The number of hydrogen-bond donors (Lipinski definition) is 1. The molecule has 6 heteroatoms. The van der Waals surface area contributed by atoms with Gasteiger partial charge in [-0.25, -0.2) is 8.42 Å². The fourth-order valence-corrected chi connectivity index (χ4v) is 2.89. The lowest BCUT2D eigenvalue weighted by Gasteiger charge is -2.29. The number of hydrogen-bond acceptors (Lipinski definition) is 4. The van der Waals surface area contributed by atoms with Gasteiger partial charge in [-0.3, -0.25) is 0 Å². The number of rotatable bonds is 5. The van der Waals surface area contributed by atoms with Gasteiger partial charge in [-0.05, 0) is 24.1 Å². The van der Waals surface area contributed by atoms with Gasteiger partial charge in [0.25, 0.3) is 0 Å². The molecule has 0 saturated heterocycles. The molecule has 0 aliphatic rings. The zero-order chi connectivity index (χ0) is 14.0. The zero-order valence-electron chi connectivity index (χ0n) is 10.6. The monoisotopic (exact) mass is 292 g/mol. The van der Waals surface area contributed by atoms with Crippen LogP contribution in [0.15, 0.2) is 24.3 Å². The third-order valence-electron chi connectivity index (χ3n) is 2.94. The highest BCUT2D eigenvalue weighted by atomic mass is 35.5. The molecule has 0 aliphatic carbocycles. The first-order valence-corrected chi connectivity index (χ1v) is 7.73. The second kappa shape index (κ2) is 5.47. The van der Waals surface area contributed by atoms with Crippen molar-refractivity contribution in [3.63, 3.8) is 0 Å². The Bertz CT molecular complexity index is 497. The van der Waals surface area contributed by atoms with E-state index < -0.39 is 20.1 Å². The van der Waals surface area contributed by atoms with Crippen molar-refractivity contribution in [3.05, 3.63) is 29.8 Å². The van der Waals surface area contributed by atoms with E-state index in [0.717, 1.165) is 6.26 Å². The molecule has 4 nitrogen and oxygen atoms in total. The van der Waals surface area contributed by atoms with E-state index in [0.29, 0.717) is 11.3 Å². The number of methoxy groups -OCH3 is 1. The SMILES string of the molecule is CC[C@@](Cl)([C@@H](O)c1ccc(OC)cc1)S(C)(=O)=O. The largest absolute Gasteiger partial charge is 0.497 e. The number of alkyl halides is 1. The van der Waals surface area contributed by atoms with Crippen molar-refractivity contribution >= 4 is 21.4 Å². The molecule has 0 spiro atoms. The van der Waals surface area contributed by atoms with E-state index in [9.17, 15) is 13.5 Å². The van der Waals surface area contributed by atoms with Crippen LogP contribution in [0.5, 0.6) is 5.75 Å². The number of sulfone groups is 1. The molecule has 1 aromatic rings. The second-order valence-electron chi connectivity index (χ2n) is 4.09. The van der Waals surface area contributed by atoms with E-state index in [2.05, 4.69) is 0 Å². The highest BCUT2D eigenvalue weighted by Crippen LogP contribution is 2.39. The summed E-state index contributed by atoms with van der Waals surface area (Å²) in [5.74, 6) is 0.627. The van der Waals surface area contributed by atoms with E-state index in [4.69, 9.17) is 16.3 Å². The molecular formula is C12H17ClO4S. The second-order valence-corrected chi connectivity index (χ2v) is 7.26.